The van der Waals surface area contributed by atoms with Gasteiger partial charge < -0.3 is 4.90 Å². The maximum atomic E-state index is 12.9. The number of anilines is 1. The third kappa shape index (κ3) is 3.32. The second-order valence-corrected chi connectivity index (χ2v) is 5.56. The Kier molecular flexibility index (Phi) is 4.23. The number of hydrogen-bond acceptors (Lipinski definition) is 2. The van der Waals surface area contributed by atoms with Crippen molar-refractivity contribution in [2.45, 2.75) is 31.3 Å². The number of alkyl halides is 4. The molecular formula is C13H16ClF3N2. The fourth-order valence-electron chi connectivity index (χ4n) is 2.44. The van der Waals surface area contributed by atoms with E-state index >= 15 is 0 Å². The highest BCUT2D eigenvalue weighted by atomic mass is 35.5. The molecule has 1 aliphatic heterocycles. The number of halogens is 4. The van der Waals surface area contributed by atoms with E-state index in [2.05, 4.69) is 4.98 Å². The first-order valence-corrected chi connectivity index (χ1v) is 6.74. The summed E-state index contributed by atoms with van der Waals surface area (Å²) in [5.41, 5.74) is -0.660. The molecule has 2 rings (SSSR count). The van der Waals surface area contributed by atoms with Crippen molar-refractivity contribution in [2.24, 2.45) is 5.92 Å². The second kappa shape index (κ2) is 5.57. The standard InChI is InChI=1S/C13H16ClF3N2/c1-9(14)10-4-7-19(8-5-10)12-11(13(15,16)17)3-2-6-18-12/h2-3,6,9-10H,4-5,7-8H2,1H3. The Morgan fingerprint density at radius 1 is 1.37 bits per heavy atom. The van der Waals surface area contributed by atoms with Gasteiger partial charge in [-0.05, 0) is 37.8 Å². The third-order valence-corrected chi connectivity index (χ3v) is 3.94. The van der Waals surface area contributed by atoms with Gasteiger partial charge in [0.1, 0.15) is 5.82 Å². The lowest BCUT2D eigenvalue weighted by Gasteiger charge is -2.35. The Morgan fingerprint density at radius 2 is 2.00 bits per heavy atom. The van der Waals surface area contributed by atoms with Crippen molar-refractivity contribution in [1.82, 2.24) is 4.98 Å². The van der Waals surface area contributed by atoms with E-state index in [1.807, 2.05) is 6.92 Å². The van der Waals surface area contributed by atoms with Crippen LogP contribution in [0.25, 0.3) is 0 Å². The third-order valence-electron chi connectivity index (χ3n) is 3.58. The molecule has 1 atom stereocenters. The van der Waals surface area contributed by atoms with Gasteiger partial charge in [0.25, 0.3) is 0 Å². The summed E-state index contributed by atoms with van der Waals surface area (Å²) in [6.07, 6.45) is -1.35. The SMILES string of the molecule is CC(Cl)C1CCN(c2ncccc2C(F)(F)F)CC1. The van der Waals surface area contributed by atoms with Crippen LogP contribution in [0.2, 0.25) is 0 Å². The molecule has 106 valence electrons. The number of piperidine rings is 1. The molecule has 1 aromatic rings. The lowest BCUT2D eigenvalue weighted by Crippen LogP contribution is -2.37. The molecule has 0 saturated carbocycles. The predicted molar refractivity (Wildman–Crippen MR) is 69.5 cm³/mol. The highest BCUT2D eigenvalue weighted by Crippen LogP contribution is 2.36. The Balaban J connectivity index is 2.16. The molecule has 0 radical (unpaired) electrons. The maximum Gasteiger partial charge on any atom is 0.419 e. The molecule has 1 unspecified atom stereocenters. The van der Waals surface area contributed by atoms with Crippen LogP contribution >= 0.6 is 11.6 Å². The van der Waals surface area contributed by atoms with Crippen molar-refractivity contribution >= 4 is 17.4 Å². The summed E-state index contributed by atoms with van der Waals surface area (Å²) in [7, 11) is 0. The molecule has 1 aliphatic rings. The first kappa shape index (κ1) is 14.4. The van der Waals surface area contributed by atoms with Gasteiger partial charge in [-0.2, -0.15) is 13.2 Å². The maximum absolute atomic E-state index is 12.9. The zero-order valence-electron chi connectivity index (χ0n) is 10.6. The molecular weight excluding hydrogens is 277 g/mol. The molecule has 0 aliphatic carbocycles. The van der Waals surface area contributed by atoms with Crippen LogP contribution in [0, 0.1) is 5.92 Å². The van der Waals surface area contributed by atoms with Crippen LogP contribution in [0.5, 0.6) is 0 Å². The molecule has 1 fully saturated rings. The molecule has 1 aromatic heterocycles. The minimum absolute atomic E-state index is 0.0377. The number of hydrogen-bond donors (Lipinski definition) is 0. The second-order valence-electron chi connectivity index (χ2n) is 4.87. The van der Waals surface area contributed by atoms with Crippen molar-refractivity contribution in [2.75, 3.05) is 18.0 Å². The average molecular weight is 293 g/mol. The van der Waals surface area contributed by atoms with Gasteiger partial charge in [0.05, 0.1) is 5.56 Å². The zero-order chi connectivity index (χ0) is 14.0. The van der Waals surface area contributed by atoms with E-state index in [9.17, 15) is 13.2 Å². The van der Waals surface area contributed by atoms with E-state index in [4.69, 9.17) is 11.6 Å². The van der Waals surface area contributed by atoms with Crippen molar-refractivity contribution in [1.29, 1.82) is 0 Å². The smallest absolute Gasteiger partial charge is 0.356 e. The van der Waals surface area contributed by atoms with E-state index in [-0.39, 0.29) is 11.2 Å². The van der Waals surface area contributed by atoms with Crippen LogP contribution in [-0.4, -0.2) is 23.5 Å². The van der Waals surface area contributed by atoms with Crippen LogP contribution < -0.4 is 4.90 Å². The monoisotopic (exact) mass is 292 g/mol. The van der Waals surface area contributed by atoms with E-state index in [1.165, 1.54) is 12.3 Å². The largest absolute Gasteiger partial charge is 0.419 e. The molecule has 0 N–H and O–H groups in total. The van der Waals surface area contributed by atoms with E-state index in [0.29, 0.717) is 19.0 Å². The summed E-state index contributed by atoms with van der Waals surface area (Å²) in [6, 6.07) is 2.40. The first-order chi connectivity index (χ1) is 8.89. The molecule has 0 amide bonds. The summed E-state index contributed by atoms with van der Waals surface area (Å²) in [6.45, 7) is 3.08. The molecule has 19 heavy (non-hydrogen) atoms. The lowest BCUT2D eigenvalue weighted by atomic mass is 9.94. The summed E-state index contributed by atoms with van der Waals surface area (Å²) in [5, 5.41) is 0.0629. The first-order valence-electron chi connectivity index (χ1n) is 6.31. The van der Waals surface area contributed by atoms with Gasteiger partial charge in [-0.25, -0.2) is 4.98 Å². The highest BCUT2D eigenvalue weighted by Gasteiger charge is 2.36. The van der Waals surface area contributed by atoms with E-state index < -0.39 is 11.7 Å². The van der Waals surface area contributed by atoms with Gasteiger partial charge in [-0.15, -0.1) is 11.6 Å². The molecule has 0 spiro atoms. The molecule has 1 saturated heterocycles. The highest BCUT2D eigenvalue weighted by molar-refractivity contribution is 6.20. The van der Waals surface area contributed by atoms with Gasteiger partial charge in [0.2, 0.25) is 0 Å². The van der Waals surface area contributed by atoms with Crippen molar-refractivity contribution in [3.8, 4) is 0 Å². The summed E-state index contributed by atoms with van der Waals surface area (Å²) >= 11 is 6.04. The van der Waals surface area contributed by atoms with Crippen molar-refractivity contribution in [3.63, 3.8) is 0 Å². The summed E-state index contributed by atoms with van der Waals surface area (Å²) in [5.74, 6) is 0.409. The average Bonchev–Trinajstić information content (AvgIpc) is 2.38. The quantitative estimate of drug-likeness (QED) is 0.768. The van der Waals surface area contributed by atoms with Gasteiger partial charge in [-0.3, -0.25) is 0 Å². The summed E-state index contributed by atoms with van der Waals surface area (Å²) < 4.78 is 38.8. The normalized spacial score (nSPS) is 19.5. The Bertz CT molecular complexity index is 426. The van der Waals surface area contributed by atoms with Gasteiger partial charge in [0, 0.05) is 24.7 Å². The molecule has 2 nitrogen and oxygen atoms in total. The Morgan fingerprint density at radius 3 is 2.53 bits per heavy atom. The Labute approximate surface area is 115 Å². The van der Waals surface area contributed by atoms with E-state index in [1.54, 1.807) is 4.90 Å². The van der Waals surface area contributed by atoms with Crippen LogP contribution in [0.1, 0.15) is 25.3 Å². The lowest BCUT2D eigenvalue weighted by molar-refractivity contribution is -0.137. The Hall–Kier alpha value is -0.970. The van der Waals surface area contributed by atoms with Crippen molar-refractivity contribution in [3.05, 3.63) is 23.9 Å². The van der Waals surface area contributed by atoms with Gasteiger partial charge in [-0.1, -0.05) is 0 Å². The van der Waals surface area contributed by atoms with Gasteiger partial charge in [0.15, 0.2) is 0 Å². The van der Waals surface area contributed by atoms with E-state index in [0.717, 1.165) is 18.9 Å². The topological polar surface area (TPSA) is 16.1 Å². The minimum Gasteiger partial charge on any atom is -0.356 e. The fourth-order valence-corrected chi connectivity index (χ4v) is 2.69. The molecule has 6 heteroatoms. The molecule has 2 heterocycles. The van der Waals surface area contributed by atoms with Crippen molar-refractivity contribution < 1.29 is 13.2 Å². The summed E-state index contributed by atoms with van der Waals surface area (Å²) in [4.78, 5) is 5.62. The number of nitrogens with zero attached hydrogens (tertiary/aromatic N) is 2. The van der Waals surface area contributed by atoms with Gasteiger partial charge >= 0.3 is 6.18 Å². The minimum atomic E-state index is -4.36. The predicted octanol–water partition coefficient (Wildman–Crippen LogP) is 3.94. The number of pyridine rings is 1. The van der Waals surface area contributed by atoms with Crippen LogP contribution in [-0.2, 0) is 6.18 Å². The van der Waals surface area contributed by atoms with Crippen LogP contribution in [0.3, 0.4) is 0 Å². The number of aromatic nitrogens is 1. The van der Waals surface area contributed by atoms with Crippen LogP contribution in [0.4, 0.5) is 19.0 Å². The molecule has 0 bridgehead atoms. The zero-order valence-corrected chi connectivity index (χ0v) is 11.4. The molecule has 0 aromatic carbocycles. The van der Waals surface area contributed by atoms with Crippen LogP contribution in [0.15, 0.2) is 18.3 Å². The fraction of sp³-hybridized carbons (Fsp3) is 0.615. The number of rotatable bonds is 2.